The SMILES string of the molecule is COc1ccc(-c2nn(Cc3ccccc3)cc2C(=O)Nc2ccc3c(c2)OCCO3)cc1. The van der Waals surface area contributed by atoms with Crippen molar-refractivity contribution in [2.75, 3.05) is 25.6 Å². The van der Waals surface area contributed by atoms with Gasteiger partial charge in [-0.25, -0.2) is 0 Å². The third kappa shape index (κ3) is 4.52. The molecule has 166 valence electrons. The Kier molecular flexibility index (Phi) is 5.68. The summed E-state index contributed by atoms with van der Waals surface area (Å²) in [6.45, 7) is 1.56. The number of rotatable bonds is 6. The van der Waals surface area contributed by atoms with Gasteiger partial charge in [0.25, 0.3) is 5.91 Å². The lowest BCUT2D eigenvalue weighted by Crippen LogP contribution is -2.16. The highest BCUT2D eigenvalue weighted by atomic mass is 16.6. The normalized spacial score (nSPS) is 12.3. The van der Waals surface area contributed by atoms with Crippen molar-refractivity contribution in [2.45, 2.75) is 6.54 Å². The third-order valence-corrected chi connectivity index (χ3v) is 5.36. The summed E-state index contributed by atoms with van der Waals surface area (Å²) in [5.41, 5.74) is 3.63. The molecule has 0 radical (unpaired) electrons. The average Bonchev–Trinajstić information content (AvgIpc) is 3.28. The van der Waals surface area contributed by atoms with Gasteiger partial charge in [-0.15, -0.1) is 0 Å². The summed E-state index contributed by atoms with van der Waals surface area (Å²) < 4.78 is 18.2. The number of nitrogens with zero attached hydrogens (tertiary/aromatic N) is 2. The number of methoxy groups -OCH3 is 1. The van der Waals surface area contributed by atoms with Gasteiger partial charge in [-0.05, 0) is 42.0 Å². The number of aromatic nitrogens is 2. The molecule has 7 heteroatoms. The van der Waals surface area contributed by atoms with E-state index in [2.05, 4.69) is 5.32 Å². The van der Waals surface area contributed by atoms with Crippen molar-refractivity contribution < 1.29 is 19.0 Å². The Morgan fingerprint density at radius 1 is 1.00 bits per heavy atom. The molecular weight excluding hydrogens is 418 g/mol. The maximum atomic E-state index is 13.3. The van der Waals surface area contributed by atoms with E-state index in [9.17, 15) is 4.79 Å². The lowest BCUT2D eigenvalue weighted by Gasteiger charge is -2.19. The minimum absolute atomic E-state index is 0.253. The molecular formula is C26H23N3O4. The number of nitrogens with one attached hydrogen (secondary N) is 1. The molecule has 0 spiro atoms. The van der Waals surface area contributed by atoms with E-state index in [4.69, 9.17) is 19.3 Å². The molecule has 1 N–H and O–H groups in total. The van der Waals surface area contributed by atoms with E-state index >= 15 is 0 Å². The van der Waals surface area contributed by atoms with Crippen molar-refractivity contribution in [1.29, 1.82) is 0 Å². The largest absolute Gasteiger partial charge is 0.497 e. The molecule has 0 aliphatic carbocycles. The second kappa shape index (κ2) is 9.08. The number of carbonyl (C=O) groups is 1. The molecule has 7 nitrogen and oxygen atoms in total. The van der Waals surface area contributed by atoms with Crippen LogP contribution in [0.3, 0.4) is 0 Å². The Hall–Kier alpha value is -4.26. The van der Waals surface area contributed by atoms with E-state index in [1.54, 1.807) is 36.2 Å². The van der Waals surface area contributed by atoms with Crippen LogP contribution < -0.4 is 19.5 Å². The Balaban J connectivity index is 1.46. The first-order chi connectivity index (χ1) is 16.2. The molecule has 1 amide bonds. The molecule has 0 atom stereocenters. The molecule has 1 aliphatic rings. The Morgan fingerprint density at radius 2 is 1.76 bits per heavy atom. The van der Waals surface area contributed by atoms with Crippen LogP contribution in [0.25, 0.3) is 11.3 Å². The highest BCUT2D eigenvalue weighted by molar-refractivity contribution is 6.08. The summed E-state index contributed by atoms with van der Waals surface area (Å²) in [6.07, 6.45) is 1.78. The number of hydrogen-bond acceptors (Lipinski definition) is 5. The maximum Gasteiger partial charge on any atom is 0.259 e. The number of hydrogen-bond donors (Lipinski definition) is 1. The number of carbonyl (C=O) groups excluding carboxylic acids is 1. The van der Waals surface area contributed by atoms with Gasteiger partial charge in [0.2, 0.25) is 0 Å². The van der Waals surface area contributed by atoms with Crippen LogP contribution in [0, 0.1) is 0 Å². The highest BCUT2D eigenvalue weighted by Crippen LogP contribution is 2.33. The van der Waals surface area contributed by atoms with Crippen molar-refractivity contribution in [2.24, 2.45) is 0 Å². The number of fused-ring (bicyclic) bond motifs is 1. The molecule has 1 aromatic heterocycles. The van der Waals surface area contributed by atoms with Gasteiger partial charge in [-0.1, -0.05) is 30.3 Å². The predicted octanol–water partition coefficient (Wildman–Crippen LogP) is 4.63. The van der Waals surface area contributed by atoms with Crippen LogP contribution in [-0.4, -0.2) is 36.0 Å². The molecule has 0 fully saturated rings. The first-order valence-corrected chi connectivity index (χ1v) is 10.7. The Bertz CT molecular complexity index is 1270. The van der Waals surface area contributed by atoms with Gasteiger partial charge in [0.1, 0.15) is 24.7 Å². The van der Waals surface area contributed by atoms with E-state index in [0.29, 0.717) is 48.2 Å². The molecule has 2 heterocycles. The van der Waals surface area contributed by atoms with E-state index in [1.165, 1.54) is 0 Å². The zero-order valence-corrected chi connectivity index (χ0v) is 18.2. The molecule has 1 aliphatic heterocycles. The van der Waals surface area contributed by atoms with Gasteiger partial charge in [0.05, 0.1) is 19.2 Å². The number of benzene rings is 3. The fraction of sp³-hybridized carbons (Fsp3) is 0.154. The van der Waals surface area contributed by atoms with Crippen molar-refractivity contribution in [3.8, 4) is 28.5 Å². The second-order valence-electron chi connectivity index (χ2n) is 7.62. The molecule has 0 bridgehead atoms. The average molecular weight is 441 g/mol. The number of ether oxygens (including phenoxy) is 3. The highest BCUT2D eigenvalue weighted by Gasteiger charge is 2.20. The maximum absolute atomic E-state index is 13.3. The van der Waals surface area contributed by atoms with Crippen LogP contribution in [0.4, 0.5) is 5.69 Å². The summed E-state index contributed by atoms with van der Waals surface area (Å²) in [7, 11) is 1.62. The lowest BCUT2D eigenvalue weighted by molar-refractivity contribution is 0.102. The number of amides is 1. The standard InChI is InChI=1S/C26H23N3O4/c1-31-21-10-7-19(8-11-21)25-22(17-29(28-25)16-18-5-3-2-4-6-18)26(30)27-20-9-12-23-24(15-20)33-14-13-32-23/h2-12,15,17H,13-14,16H2,1H3,(H,27,30). The zero-order valence-electron chi connectivity index (χ0n) is 18.2. The van der Waals surface area contributed by atoms with Gasteiger partial charge in [-0.3, -0.25) is 9.48 Å². The van der Waals surface area contributed by atoms with Gasteiger partial charge in [0, 0.05) is 23.5 Å². The fourth-order valence-corrected chi connectivity index (χ4v) is 3.72. The quantitative estimate of drug-likeness (QED) is 0.472. The molecule has 4 aromatic rings. The van der Waals surface area contributed by atoms with Crippen LogP contribution >= 0.6 is 0 Å². The van der Waals surface area contributed by atoms with Crippen molar-refractivity contribution in [3.63, 3.8) is 0 Å². The van der Waals surface area contributed by atoms with Crippen LogP contribution in [0.2, 0.25) is 0 Å². The first kappa shape index (κ1) is 20.6. The van der Waals surface area contributed by atoms with Gasteiger partial charge in [-0.2, -0.15) is 5.10 Å². The summed E-state index contributed by atoms with van der Waals surface area (Å²) >= 11 is 0. The Labute approximate surface area is 191 Å². The van der Waals surface area contributed by atoms with E-state index in [-0.39, 0.29) is 5.91 Å². The zero-order chi connectivity index (χ0) is 22.6. The minimum atomic E-state index is -0.253. The Morgan fingerprint density at radius 3 is 2.52 bits per heavy atom. The summed E-state index contributed by atoms with van der Waals surface area (Å²) in [4.78, 5) is 13.3. The van der Waals surface area contributed by atoms with Crippen molar-refractivity contribution in [3.05, 3.63) is 90.1 Å². The van der Waals surface area contributed by atoms with E-state index in [0.717, 1.165) is 16.9 Å². The summed E-state index contributed by atoms with van der Waals surface area (Å²) in [5, 5.41) is 7.70. The van der Waals surface area contributed by atoms with Crippen LogP contribution in [0.1, 0.15) is 15.9 Å². The monoisotopic (exact) mass is 441 g/mol. The fourth-order valence-electron chi connectivity index (χ4n) is 3.72. The predicted molar refractivity (Wildman–Crippen MR) is 125 cm³/mol. The summed E-state index contributed by atoms with van der Waals surface area (Å²) in [6, 6.07) is 22.9. The summed E-state index contributed by atoms with van der Waals surface area (Å²) in [5.74, 6) is 1.78. The molecule has 33 heavy (non-hydrogen) atoms. The molecule has 0 saturated carbocycles. The molecule has 0 unspecified atom stereocenters. The van der Waals surface area contributed by atoms with Crippen LogP contribution in [-0.2, 0) is 6.54 Å². The smallest absolute Gasteiger partial charge is 0.259 e. The van der Waals surface area contributed by atoms with Crippen molar-refractivity contribution in [1.82, 2.24) is 9.78 Å². The molecule has 5 rings (SSSR count). The van der Waals surface area contributed by atoms with E-state index in [1.807, 2.05) is 54.6 Å². The van der Waals surface area contributed by atoms with Gasteiger partial charge >= 0.3 is 0 Å². The second-order valence-corrected chi connectivity index (χ2v) is 7.62. The molecule has 0 saturated heterocycles. The topological polar surface area (TPSA) is 74.6 Å². The third-order valence-electron chi connectivity index (χ3n) is 5.36. The van der Waals surface area contributed by atoms with Crippen molar-refractivity contribution >= 4 is 11.6 Å². The minimum Gasteiger partial charge on any atom is -0.497 e. The van der Waals surface area contributed by atoms with Gasteiger partial charge < -0.3 is 19.5 Å². The number of anilines is 1. The lowest BCUT2D eigenvalue weighted by atomic mass is 10.1. The van der Waals surface area contributed by atoms with Crippen LogP contribution in [0.15, 0.2) is 79.0 Å². The van der Waals surface area contributed by atoms with E-state index < -0.39 is 0 Å². The van der Waals surface area contributed by atoms with Crippen LogP contribution in [0.5, 0.6) is 17.2 Å². The molecule has 3 aromatic carbocycles. The van der Waals surface area contributed by atoms with Gasteiger partial charge in [0.15, 0.2) is 11.5 Å². The first-order valence-electron chi connectivity index (χ1n) is 10.7.